The molecule has 0 N–H and O–H groups in total. The minimum Gasteiger partial charge on any atom is -0.464 e. The first-order valence-corrected chi connectivity index (χ1v) is 7.36. The molecule has 5 heteroatoms. The largest absolute Gasteiger partial charge is 0.464 e. The van der Waals surface area contributed by atoms with Gasteiger partial charge in [0, 0.05) is 16.0 Å². The summed E-state index contributed by atoms with van der Waals surface area (Å²) in [6, 6.07) is 5.19. The van der Waals surface area contributed by atoms with Crippen LogP contribution in [0.2, 0.25) is 5.02 Å². The van der Waals surface area contributed by atoms with Crippen molar-refractivity contribution >= 4 is 32.4 Å². The van der Waals surface area contributed by atoms with Crippen molar-refractivity contribution in [2.24, 2.45) is 0 Å². The maximum Gasteiger partial charge on any atom is 0.156 e. The Labute approximate surface area is 105 Å². The zero-order valence-corrected chi connectivity index (χ0v) is 11.2. The Morgan fingerprint density at radius 3 is 2.71 bits per heavy atom. The van der Waals surface area contributed by atoms with E-state index in [1.165, 1.54) is 6.26 Å². The highest BCUT2D eigenvalue weighted by Crippen LogP contribution is 2.26. The monoisotopic (exact) mass is 272 g/mol. The maximum absolute atomic E-state index is 11.8. The fourth-order valence-corrected chi connectivity index (χ4v) is 2.70. The highest BCUT2D eigenvalue weighted by molar-refractivity contribution is 7.91. The van der Waals surface area contributed by atoms with Crippen molar-refractivity contribution in [3.05, 3.63) is 35.0 Å². The number of benzene rings is 1. The molecular formula is C12H13ClO3S. The number of halogens is 1. The highest BCUT2D eigenvalue weighted by Gasteiger charge is 2.19. The Morgan fingerprint density at radius 1 is 1.35 bits per heavy atom. The van der Waals surface area contributed by atoms with Crippen LogP contribution in [0, 0.1) is 0 Å². The first-order chi connectivity index (χ1) is 7.90. The van der Waals surface area contributed by atoms with Gasteiger partial charge in [0.1, 0.15) is 5.58 Å². The number of sulfone groups is 1. The van der Waals surface area contributed by atoms with E-state index in [9.17, 15) is 8.42 Å². The molecule has 0 saturated carbocycles. The van der Waals surface area contributed by atoms with Gasteiger partial charge in [0.15, 0.2) is 9.84 Å². The third kappa shape index (κ3) is 2.48. The summed E-state index contributed by atoms with van der Waals surface area (Å²) < 4.78 is 29.0. The fraction of sp³-hybridized carbons (Fsp3) is 0.333. The summed E-state index contributed by atoms with van der Waals surface area (Å²) in [5.74, 6) is -0.000695. The van der Waals surface area contributed by atoms with Crippen molar-refractivity contribution in [3.8, 4) is 0 Å². The minimum absolute atomic E-state index is 0.000695. The Balaban J connectivity index is 2.45. The lowest BCUT2D eigenvalue weighted by atomic mass is 10.2. The summed E-state index contributed by atoms with van der Waals surface area (Å²) in [6.45, 7) is 3.35. The van der Waals surface area contributed by atoms with Gasteiger partial charge in [-0.15, -0.1) is 0 Å². The predicted octanol–water partition coefficient (Wildman–Crippen LogP) is 3.41. The second-order valence-corrected chi connectivity index (χ2v) is 7.25. The van der Waals surface area contributed by atoms with Gasteiger partial charge in [-0.1, -0.05) is 11.6 Å². The molecule has 3 nitrogen and oxygen atoms in total. The van der Waals surface area contributed by atoms with Gasteiger partial charge in [-0.05, 0) is 32.0 Å². The molecule has 0 saturated heterocycles. The normalized spacial score (nSPS) is 12.5. The number of furan rings is 1. The first kappa shape index (κ1) is 12.5. The molecule has 0 radical (unpaired) electrons. The molecule has 0 bridgehead atoms. The molecule has 0 aliphatic carbocycles. The van der Waals surface area contributed by atoms with E-state index in [0.717, 1.165) is 5.39 Å². The molecule has 0 spiro atoms. The van der Waals surface area contributed by atoms with Crippen molar-refractivity contribution < 1.29 is 12.8 Å². The summed E-state index contributed by atoms with van der Waals surface area (Å²) in [5.41, 5.74) is 1.30. The standard InChI is InChI=1S/C12H13ClO3S/c1-8(2)17(14,15)7-9-6-16-12-5-10(13)3-4-11(9)12/h3-6,8H,7H2,1-2H3. The molecule has 0 amide bonds. The summed E-state index contributed by atoms with van der Waals surface area (Å²) in [4.78, 5) is 0. The molecule has 0 unspecified atom stereocenters. The average Bonchev–Trinajstić information content (AvgIpc) is 2.60. The molecule has 92 valence electrons. The number of hydrogen-bond acceptors (Lipinski definition) is 3. The number of fused-ring (bicyclic) bond motifs is 1. The molecule has 0 aliphatic rings. The SMILES string of the molecule is CC(C)S(=O)(=O)Cc1coc2cc(Cl)ccc12. The third-order valence-corrected chi connectivity index (χ3v) is 5.08. The van der Waals surface area contributed by atoms with Gasteiger partial charge in [-0.2, -0.15) is 0 Å². The first-order valence-electron chi connectivity index (χ1n) is 5.27. The van der Waals surface area contributed by atoms with Crippen molar-refractivity contribution in [1.29, 1.82) is 0 Å². The third-order valence-electron chi connectivity index (χ3n) is 2.69. The Bertz CT molecular complexity index is 641. The van der Waals surface area contributed by atoms with Gasteiger partial charge < -0.3 is 4.42 Å². The van der Waals surface area contributed by atoms with Gasteiger partial charge in [-0.25, -0.2) is 8.42 Å². The Kier molecular flexibility index (Phi) is 3.19. The molecule has 0 fully saturated rings. The van der Waals surface area contributed by atoms with Gasteiger partial charge >= 0.3 is 0 Å². The van der Waals surface area contributed by atoms with E-state index in [-0.39, 0.29) is 11.0 Å². The van der Waals surface area contributed by atoms with E-state index in [1.54, 1.807) is 32.0 Å². The summed E-state index contributed by atoms with van der Waals surface area (Å²) >= 11 is 5.83. The van der Waals surface area contributed by atoms with Gasteiger partial charge in [0.2, 0.25) is 0 Å². The van der Waals surface area contributed by atoms with Gasteiger partial charge in [-0.3, -0.25) is 0 Å². The number of hydrogen-bond donors (Lipinski definition) is 0. The van der Waals surface area contributed by atoms with Crippen LogP contribution in [0.3, 0.4) is 0 Å². The predicted molar refractivity (Wildman–Crippen MR) is 69.0 cm³/mol. The lowest BCUT2D eigenvalue weighted by Gasteiger charge is -2.05. The minimum atomic E-state index is -3.12. The van der Waals surface area contributed by atoms with Crippen molar-refractivity contribution in [1.82, 2.24) is 0 Å². The molecule has 1 aromatic carbocycles. The topological polar surface area (TPSA) is 47.3 Å². The molecular weight excluding hydrogens is 260 g/mol. The zero-order valence-electron chi connectivity index (χ0n) is 9.60. The number of rotatable bonds is 3. The lowest BCUT2D eigenvalue weighted by Crippen LogP contribution is -2.15. The lowest BCUT2D eigenvalue weighted by molar-refractivity contribution is 0.584. The second kappa shape index (κ2) is 4.35. The van der Waals surface area contributed by atoms with Crippen LogP contribution in [-0.2, 0) is 15.6 Å². The van der Waals surface area contributed by atoms with Gasteiger partial charge in [0.05, 0.1) is 17.3 Å². The van der Waals surface area contributed by atoms with Crippen molar-refractivity contribution in [3.63, 3.8) is 0 Å². The fourth-order valence-electron chi connectivity index (χ4n) is 1.55. The summed E-state index contributed by atoms with van der Waals surface area (Å²) in [5, 5.41) is 0.989. The zero-order chi connectivity index (χ0) is 12.6. The maximum atomic E-state index is 11.8. The van der Waals surface area contributed by atoms with Crippen LogP contribution in [0.25, 0.3) is 11.0 Å². The molecule has 17 heavy (non-hydrogen) atoms. The molecule has 1 aromatic heterocycles. The van der Waals surface area contributed by atoms with Crippen molar-refractivity contribution in [2.75, 3.05) is 0 Å². The quantitative estimate of drug-likeness (QED) is 0.860. The molecule has 0 atom stereocenters. The van der Waals surface area contributed by atoms with Crippen molar-refractivity contribution in [2.45, 2.75) is 24.9 Å². The van der Waals surface area contributed by atoms with Crippen LogP contribution in [0.4, 0.5) is 0 Å². The van der Waals surface area contributed by atoms with Crippen LogP contribution in [-0.4, -0.2) is 13.7 Å². The Hall–Kier alpha value is -1.00. The average molecular weight is 273 g/mol. The molecule has 0 aliphatic heterocycles. The molecule has 2 rings (SSSR count). The van der Waals surface area contributed by atoms with Crippen LogP contribution < -0.4 is 0 Å². The van der Waals surface area contributed by atoms with E-state index >= 15 is 0 Å². The van der Waals surface area contributed by atoms with E-state index in [4.69, 9.17) is 16.0 Å². The van der Waals surface area contributed by atoms with Crippen LogP contribution in [0.1, 0.15) is 19.4 Å². The van der Waals surface area contributed by atoms with E-state index in [1.807, 2.05) is 0 Å². The van der Waals surface area contributed by atoms with Gasteiger partial charge in [0.25, 0.3) is 0 Å². The Morgan fingerprint density at radius 2 is 2.06 bits per heavy atom. The van der Waals surface area contributed by atoms with E-state index < -0.39 is 9.84 Å². The summed E-state index contributed by atoms with van der Waals surface area (Å²) in [7, 11) is -3.12. The molecule has 2 aromatic rings. The van der Waals surface area contributed by atoms with E-state index in [2.05, 4.69) is 0 Å². The highest BCUT2D eigenvalue weighted by atomic mass is 35.5. The second-order valence-electron chi connectivity index (χ2n) is 4.26. The van der Waals surface area contributed by atoms with E-state index in [0.29, 0.717) is 16.2 Å². The van der Waals surface area contributed by atoms with Crippen LogP contribution >= 0.6 is 11.6 Å². The summed E-state index contributed by atoms with van der Waals surface area (Å²) in [6.07, 6.45) is 1.49. The molecule has 1 heterocycles. The van der Waals surface area contributed by atoms with Crippen LogP contribution in [0.5, 0.6) is 0 Å². The smallest absolute Gasteiger partial charge is 0.156 e. The van der Waals surface area contributed by atoms with Crippen LogP contribution in [0.15, 0.2) is 28.9 Å².